The topological polar surface area (TPSA) is 92.7 Å². The Morgan fingerprint density at radius 1 is 0.881 bits per heavy atom. The monoisotopic (exact) mass is 583 g/mol. The number of thioether (sulfide) groups is 1. The van der Waals surface area contributed by atoms with Crippen LogP contribution in [0, 0.1) is 5.92 Å². The van der Waals surface area contributed by atoms with E-state index in [0.29, 0.717) is 13.1 Å². The van der Waals surface area contributed by atoms with Crippen molar-refractivity contribution in [2.24, 2.45) is 5.92 Å². The summed E-state index contributed by atoms with van der Waals surface area (Å²) < 4.78 is 13.3. The van der Waals surface area contributed by atoms with Gasteiger partial charge in [-0.15, -0.1) is 11.8 Å². The van der Waals surface area contributed by atoms with Gasteiger partial charge < -0.3 is 25.2 Å². The number of urea groups is 1. The number of nitrogens with one attached hydrogen (secondary N) is 2. The first kappa shape index (κ1) is 29.8. The second kappa shape index (κ2) is 14.5. The Morgan fingerprint density at radius 3 is 2.40 bits per heavy atom. The van der Waals surface area contributed by atoms with Gasteiger partial charge in [-0.3, -0.25) is 0 Å². The molecule has 0 aliphatic carbocycles. The molecule has 1 aliphatic rings. The molecule has 4 atom stereocenters. The van der Waals surface area contributed by atoms with Crippen molar-refractivity contribution in [3.8, 4) is 11.1 Å². The number of aliphatic hydroxyl groups excluding tert-OH is 1. The average molecular weight is 584 g/mol. The van der Waals surface area contributed by atoms with E-state index >= 15 is 0 Å². The molecule has 3 N–H and O–H groups in total. The van der Waals surface area contributed by atoms with Crippen molar-refractivity contribution >= 4 is 17.8 Å². The van der Waals surface area contributed by atoms with Crippen LogP contribution >= 0.6 is 11.8 Å². The molecule has 2 amide bonds. The summed E-state index contributed by atoms with van der Waals surface area (Å²) in [5, 5.41) is 16.1. The molecule has 42 heavy (non-hydrogen) atoms. The van der Waals surface area contributed by atoms with Crippen molar-refractivity contribution in [1.29, 1.82) is 0 Å². The molecule has 0 radical (unpaired) electrons. The summed E-state index contributed by atoms with van der Waals surface area (Å²) in [4.78, 5) is 16.3. The van der Waals surface area contributed by atoms with Crippen molar-refractivity contribution in [3.63, 3.8) is 0 Å². The summed E-state index contributed by atoms with van der Waals surface area (Å²) in [5.41, 5.74) is 5.98. The molecular formula is C34H37N3O4S. The first-order valence-corrected chi connectivity index (χ1v) is 15.3. The lowest BCUT2D eigenvalue weighted by Gasteiger charge is -2.41. The maximum Gasteiger partial charge on any atom is 0.315 e. The summed E-state index contributed by atoms with van der Waals surface area (Å²) in [7, 11) is 0. The van der Waals surface area contributed by atoms with Crippen LogP contribution in [-0.2, 0) is 22.6 Å². The predicted octanol–water partition coefficient (Wildman–Crippen LogP) is 6.64. The summed E-state index contributed by atoms with van der Waals surface area (Å²) in [6, 6.07) is 30.1. The summed E-state index contributed by atoms with van der Waals surface area (Å²) in [6.45, 7) is 5.09. The van der Waals surface area contributed by atoms with Crippen LogP contribution in [-0.4, -0.2) is 34.5 Å². The predicted molar refractivity (Wildman–Crippen MR) is 166 cm³/mol. The van der Waals surface area contributed by atoms with Crippen molar-refractivity contribution < 1.29 is 19.4 Å². The van der Waals surface area contributed by atoms with Crippen molar-refractivity contribution in [3.05, 3.63) is 119 Å². The molecule has 1 aliphatic heterocycles. The standard InChI is InChI=1S/C34H37N3O4S/c1-3-35-34(39)37-20-25-8-6-9-27(18-25)28-10-7-11-29(19-28)33-40-30(22-42-31-12-4-5-17-36-31)23(2)32(41-33)26-15-13-24(21-38)14-16-26/h4-19,23,30,32-33,38H,3,20-22H2,1-2H3,(H2,35,37,39). The third-order valence-corrected chi connectivity index (χ3v) is 8.40. The normalized spacial score (nSPS) is 20.2. The van der Waals surface area contributed by atoms with Crippen LogP contribution in [0.4, 0.5) is 4.79 Å². The van der Waals surface area contributed by atoms with E-state index < -0.39 is 6.29 Å². The maximum absolute atomic E-state index is 11.9. The molecule has 1 fully saturated rings. The van der Waals surface area contributed by atoms with E-state index in [4.69, 9.17) is 9.47 Å². The number of hydrogen-bond donors (Lipinski definition) is 3. The molecule has 7 nitrogen and oxygen atoms in total. The Morgan fingerprint density at radius 2 is 1.67 bits per heavy atom. The Hall–Kier alpha value is -3.69. The number of amides is 2. The van der Waals surface area contributed by atoms with Gasteiger partial charge in [0, 0.05) is 36.5 Å². The lowest BCUT2D eigenvalue weighted by molar-refractivity contribution is -0.268. The van der Waals surface area contributed by atoms with Crippen molar-refractivity contribution in [2.45, 2.75) is 50.5 Å². The third-order valence-electron chi connectivity index (χ3n) is 7.37. The molecule has 4 unspecified atom stereocenters. The molecule has 2 heterocycles. The van der Waals surface area contributed by atoms with Crippen LogP contribution in [0.2, 0.25) is 0 Å². The number of carbonyl (C=O) groups excluding carboxylic acids is 1. The van der Waals surface area contributed by atoms with Crippen LogP contribution in [0.1, 0.15) is 48.5 Å². The Kier molecular flexibility index (Phi) is 10.3. The number of aromatic nitrogens is 1. The zero-order chi connectivity index (χ0) is 29.3. The first-order valence-electron chi connectivity index (χ1n) is 14.3. The van der Waals surface area contributed by atoms with Gasteiger partial charge in [0.25, 0.3) is 0 Å². The second-order valence-electron chi connectivity index (χ2n) is 10.3. The number of pyridine rings is 1. The number of aliphatic hydroxyl groups is 1. The first-order chi connectivity index (χ1) is 20.5. The fraction of sp³-hybridized carbons (Fsp3) is 0.294. The van der Waals surface area contributed by atoms with Crippen LogP contribution in [0.15, 0.2) is 102 Å². The minimum absolute atomic E-state index is 0.00637. The van der Waals surface area contributed by atoms with Crippen molar-refractivity contribution in [2.75, 3.05) is 12.3 Å². The quantitative estimate of drug-likeness (QED) is 0.181. The molecule has 0 spiro atoms. The number of nitrogens with zero attached hydrogens (tertiary/aromatic N) is 1. The van der Waals surface area contributed by atoms with Gasteiger partial charge in [0.05, 0.1) is 23.8 Å². The van der Waals surface area contributed by atoms with E-state index in [1.54, 1.807) is 18.0 Å². The molecular weight excluding hydrogens is 546 g/mol. The second-order valence-corrected chi connectivity index (χ2v) is 11.4. The van der Waals surface area contributed by atoms with Gasteiger partial charge in [-0.25, -0.2) is 9.78 Å². The van der Waals surface area contributed by atoms with Crippen molar-refractivity contribution in [1.82, 2.24) is 15.6 Å². The van der Waals surface area contributed by atoms with E-state index in [9.17, 15) is 9.90 Å². The van der Waals surface area contributed by atoms with E-state index in [1.165, 1.54) is 0 Å². The van der Waals surface area contributed by atoms with Crippen LogP contribution in [0.5, 0.6) is 0 Å². The average Bonchev–Trinajstić information content (AvgIpc) is 3.04. The Labute approximate surface area is 251 Å². The van der Waals surface area contributed by atoms with Gasteiger partial charge in [0.1, 0.15) is 0 Å². The van der Waals surface area contributed by atoms with E-state index in [2.05, 4.69) is 46.8 Å². The Bertz CT molecular complexity index is 1450. The third kappa shape index (κ3) is 7.57. The molecule has 0 saturated carbocycles. The highest BCUT2D eigenvalue weighted by Gasteiger charge is 2.38. The highest BCUT2D eigenvalue weighted by atomic mass is 32.2. The highest BCUT2D eigenvalue weighted by molar-refractivity contribution is 7.99. The van der Waals surface area contributed by atoms with E-state index in [0.717, 1.165) is 44.2 Å². The lowest BCUT2D eigenvalue weighted by Crippen LogP contribution is -2.38. The van der Waals surface area contributed by atoms with E-state index in [-0.39, 0.29) is 30.8 Å². The van der Waals surface area contributed by atoms with Gasteiger partial charge in [0.2, 0.25) is 0 Å². The number of benzene rings is 3. The van der Waals surface area contributed by atoms with Crippen LogP contribution in [0.3, 0.4) is 0 Å². The Balaban J connectivity index is 1.38. The molecule has 1 aromatic heterocycles. The number of hydrogen-bond acceptors (Lipinski definition) is 6. The molecule has 1 saturated heterocycles. The maximum atomic E-state index is 11.9. The smallest absolute Gasteiger partial charge is 0.315 e. The van der Waals surface area contributed by atoms with Gasteiger partial charge in [-0.05, 0) is 59.0 Å². The summed E-state index contributed by atoms with van der Waals surface area (Å²) in [6.07, 6.45) is 0.992. The summed E-state index contributed by atoms with van der Waals surface area (Å²) in [5.74, 6) is 0.832. The minimum Gasteiger partial charge on any atom is -0.392 e. The SMILES string of the molecule is CCNC(=O)NCc1cccc(-c2cccc(C3OC(CSc4ccccn4)C(C)C(c4ccc(CO)cc4)O3)c2)c1. The molecule has 4 aromatic rings. The number of carbonyl (C=O) groups is 1. The molecule has 3 aromatic carbocycles. The highest BCUT2D eigenvalue weighted by Crippen LogP contribution is 2.43. The fourth-order valence-electron chi connectivity index (χ4n) is 5.04. The molecule has 0 bridgehead atoms. The molecule has 5 rings (SSSR count). The van der Waals surface area contributed by atoms with Gasteiger partial charge in [-0.1, -0.05) is 73.7 Å². The number of ether oxygens (including phenoxy) is 2. The van der Waals surface area contributed by atoms with Gasteiger partial charge in [-0.2, -0.15) is 0 Å². The zero-order valence-electron chi connectivity index (χ0n) is 23.9. The zero-order valence-corrected chi connectivity index (χ0v) is 24.7. The fourth-order valence-corrected chi connectivity index (χ4v) is 6.07. The largest absolute Gasteiger partial charge is 0.392 e. The number of rotatable bonds is 10. The van der Waals surface area contributed by atoms with Crippen LogP contribution in [0.25, 0.3) is 11.1 Å². The minimum atomic E-state index is -0.555. The van der Waals surface area contributed by atoms with Gasteiger partial charge in [0.15, 0.2) is 6.29 Å². The molecule has 218 valence electrons. The van der Waals surface area contributed by atoms with Gasteiger partial charge >= 0.3 is 6.03 Å². The summed E-state index contributed by atoms with van der Waals surface area (Å²) >= 11 is 1.68. The lowest BCUT2D eigenvalue weighted by atomic mass is 9.91. The van der Waals surface area contributed by atoms with Crippen LogP contribution < -0.4 is 10.6 Å². The van der Waals surface area contributed by atoms with E-state index in [1.807, 2.05) is 73.7 Å². The molecule has 8 heteroatoms.